The lowest BCUT2D eigenvalue weighted by atomic mass is 10.0. The molecule has 0 saturated carbocycles. The van der Waals surface area contributed by atoms with Gasteiger partial charge in [-0.05, 0) is 28.8 Å². The fourth-order valence-corrected chi connectivity index (χ4v) is 1.58. The number of halogens is 1. The molecule has 16 heavy (non-hydrogen) atoms. The predicted octanol–water partition coefficient (Wildman–Crippen LogP) is 3.77. The standard InChI is InChI=1S/C14H12FN/c1-11(15)10-12-2-4-13(5-3-12)14-6-8-16-9-7-14/h2-9H,1,10H2. The van der Waals surface area contributed by atoms with E-state index in [9.17, 15) is 4.39 Å². The fraction of sp³-hybridized carbons (Fsp3) is 0.0714. The average Bonchev–Trinajstić information content (AvgIpc) is 2.30. The Kier molecular flexibility index (Phi) is 3.10. The largest absolute Gasteiger partial charge is 0.265 e. The van der Waals surface area contributed by atoms with Gasteiger partial charge < -0.3 is 0 Å². The van der Waals surface area contributed by atoms with Crippen molar-refractivity contribution in [3.05, 3.63) is 66.8 Å². The molecule has 1 heterocycles. The normalized spacial score (nSPS) is 10.1. The molecule has 0 aliphatic rings. The Morgan fingerprint density at radius 1 is 1.00 bits per heavy atom. The maximum absolute atomic E-state index is 12.6. The number of allylic oxidation sites excluding steroid dienone is 1. The molecule has 1 aromatic heterocycles. The quantitative estimate of drug-likeness (QED) is 0.756. The van der Waals surface area contributed by atoms with Crippen LogP contribution in [0.25, 0.3) is 11.1 Å². The third kappa shape index (κ3) is 2.54. The van der Waals surface area contributed by atoms with Crippen molar-refractivity contribution in [1.82, 2.24) is 4.98 Å². The van der Waals surface area contributed by atoms with Crippen molar-refractivity contribution in [2.45, 2.75) is 6.42 Å². The van der Waals surface area contributed by atoms with E-state index in [0.717, 1.165) is 16.7 Å². The van der Waals surface area contributed by atoms with Crippen molar-refractivity contribution in [2.75, 3.05) is 0 Å². The maximum Gasteiger partial charge on any atom is 0.0971 e. The Bertz CT molecular complexity index is 474. The molecule has 0 N–H and O–H groups in total. The summed E-state index contributed by atoms with van der Waals surface area (Å²) in [6.45, 7) is 3.26. The number of nitrogens with zero attached hydrogens (tertiary/aromatic N) is 1. The molecule has 0 saturated heterocycles. The number of aromatic nitrogens is 1. The van der Waals surface area contributed by atoms with Gasteiger partial charge in [-0.3, -0.25) is 4.98 Å². The molecule has 0 aliphatic heterocycles. The van der Waals surface area contributed by atoms with Crippen LogP contribution in [-0.4, -0.2) is 4.98 Å². The summed E-state index contributed by atoms with van der Waals surface area (Å²) in [6, 6.07) is 11.7. The van der Waals surface area contributed by atoms with Crippen LogP contribution in [0, 0.1) is 0 Å². The third-order valence-corrected chi connectivity index (χ3v) is 2.36. The lowest BCUT2D eigenvalue weighted by Crippen LogP contribution is -1.85. The van der Waals surface area contributed by atoms with Crippen molar-refractivity contribution in [3.8, 4) is 11.1 Å². The van der Waals surface area contributed by atoms with Crippen molar-refractivity contribution in [1.29, 1.82) is 0 Å². The van der Waals surface area contributed by atoms with E-state index < -0.39 is 0 Å². The molecular weight excluding hydrogens is 201 g/mol. The highest BCUT2D eigenvalue weighted by Crippen LogP contribution is 2.19. The fourth-order valence-electron chi connectivity index (χ4n) is 1.58. The second-order valence-corrected chi connectivity index (χ2v) is 3.63. The monoisotopic (exact) mass is 213 g/mol. The number of hydrogen-bond acceptors (Lipinski definition) is 1. The SMILES string of the molecule is C=C(F)Cc1ccc(-c2ccncc2)cc1. The zero-order chi connectivity index (χ0) is 11.4. The van der Waals surface area contributed by atoms with E-state index in [1.807, 2.05) is 36.4 Å². The van der Waals surface area contributed by atoms with Crippen LogP contribution in [0.1, 0.15) is 5.56 Å². The topological polar surface area (TPSA) is 12.9 Å². The molecule has 0 amide bonds. The first-order valence-corrected chi connectivity index (χ1v) is 5.08. The molecule has 0 bridgehead atoms. The van der Waals surface area contributed by atoms with E-state index in [1.165, 1.54) is 0 Å². The first kappa shape index (κ1) is 10.6. The molecule has 2 rings (SSSR count). The van der Waals surface area contributed by atoms with Gasteiger partial charge in [0.1, 0.15) is 0 Å². The highest BCUT2D eigenvalue weighted by molar-refractivity contribution is 5.62. The van der Waals surface area contributed by atoms with Crippen molar-refractivity contribution in [2.24, 2.45) is 0 Å². The van der Waals surface area contributed by atoms with E-state index in [2.05, 4.69) is 11.6 Å². The molecule has 80 valence electrons. The van der Waals surface area contributed by atoms with Crippen molar-refractivity contribution in [3.63, 3.8) is 0 Å². The molecule has 0 radical (unpaired) electrons. The van der Waals surface area contributed by atoms with Crippen LogP contribution >= 0.6 is 0 Å². The minimum absolute atomic E-state index is 0.288. The van der Waals surface area contributed by atoms with E-state index in [-0.39, 0.29) is 12.2 Å². The van der Waals surface area contributed by atoms with Gasteiger partial charge in [-0.2, -0.15) is 0 Å². The third-order valence-electron chi connectivity index (χ3n) is 2.36. The summed E-state index contributed by atoms with van der Waals surface area (Å²) < 4.78 is 12.6. The molecule has 0 atom stereocenters. The average molecular weight is 213 g/mol. The van der Waals surface area contributed by atoms with Gasteiger partial charge in [0.25, 0.3) is 0 Å². The summed E-state index contributed by atoms with van der Waals surface area (Å²) in [7, 11) is 0. The number of rotatable bonds is 3. The smallest absolute Gasteiger partial charge is 0.0971 e. The number of benzene rings is 1. The molecule has 0 aliphatic carbocycles. The van der Waals surface area contributed by atoms with Crippen molar-refractivity contribution >= 4 is 0 Å². The van der Waals surface area contributed by atoms with Crippen LogP contribution in [0.2, 0.25) is 0 Å². The number of hydrogen-bond donors (Lipinski definition) is 0. The van der Waals surface area contributed by atoms with E-state index in [0.29, 0.717) is 0 Å². The Balaban J connectivity index is 2.23. The lowest BCUT2D eigenvalue weighted by Gasteiger charge is -2.03. The van der Waals surface area contributed by atoms with E-state index >= 15 is 0 Å². The van der Waals surface area contributed by atoms with Gasteiger partial charge in [0.05, 0.1) is 5.83 Å². The number of pyridine rings is 1. The van der Waals surface area contributed by atoms with Crippen LogP contribution in [0.5, 0.6) is 0 Å². The summed E-state index contributed by atoms with van der Waals surface area (Å²) in [5.74, 6) is -0.309. The van der Waals surface area contributed by atoms with Crippen LogP contribution in [0.15, 0.2) is 61.2 Å². The first-order chi connectivity index (χ1) is 7.75. The molecule has 1 aromatic carbocycles. The molecule has 1 nitrogen and oxygen atoms in total. The Morgan fingerprint density at radius 3 is 2.12 bits per heavy atom. The summed E-state index contributed by atoms with van der Waals surface area (Å²) in [5, 5.41) is 0. The van der Waals surface area contributed by atoms with Gasteiger partial charge in [0, 0.05) is 18.8 Å². The molecule has 0 fully saturated rings. The summed E-state index contributed by atoms with van der Waals surface area (Å²) in [4.78, 5) is 3.97. The minimum atomic E-state index is -0.309. The van der Waals surface area contributed by atoms with Gasteiger partial charge in [-0.1, -0.05) is 30.8 Å². The van der Waals surface area contributed by atoms with E-state index in [1.54, 1.807) is 12.4 Å². The van der Waals surface area contributed by atoms with Gasteiger partial charge >= 0.3 is 0 Å². The zero-order valence-corrected chi connectivity index (χ0v) is 8.86. The van der Waals surface area contributed by atoms with Crippen LogP contribution in [0.4, 0.5) is 4.39 Å². The van der Waals surface area contributed by atoms with Crippen molar-refractivity contribution < 1.29 is 4.39 Å². The highest BCUT2D eigenvalue weighted by atomic mass is 19.1. The molecule has 2 aromatic rings. The highest BCUT2D eigenvalue weighted by Gasteiger charge is 1.98. The predicted molar refractivity (Wildman–Crippen MR) is 63.6 cm³/mol. The summed E-state index contributed by atoms with van der Waals surface area (Å²) in [5.41, 5.74) is 3.15. The van der Waals surface area contributed by atoms with Crippen LogP contribution < -0.4 is 0 Å². The van der Waals surface area contributed by atoms with Gasteiger partial charge in [0.2, 0.25) is 0 Å². The Morgan fingerprint density at radius 2 is 1.56 bits per heavy atom. The van der Waals surface area contributed by atoms with Gasteiger partial charge in [0.15, 0.2) is 0 Å². The minimum Gasteiger partial charge on any atom is -0.265 e. The summed E-state index contributed by atoms with van der Waals surface area (Å²) >= 11 is 0. The second kappa shape index (κ2) is 4.71. The van der Waals surface area contributed by atoms with Gasteiger partial charge in [-0.25, -0.2) is 4.39 Å². The first-order valence-electron chi connectivity index (χ1n) is 5.08. The zero-order valence-electron chi connectivity index (χ0n) is 8.86. The lowest BCUT2D eigenvalue weighted by molar-refractivity contribution is 0.617. The van der Waals surface area contributed by atoms with Crippen LogP contribution in [0.3, 0.4) is 0 Å². The maximum atomic E-state index is 12.6. The molecule has 0 unspecified atom stereocenters. The molecule has 2 heteroatoms. The Labute approximate surface area is 94.3 Å². The molecule has 0 spiro atoms. The van der Waals surface area contributed by atoms with Crippen LogP contribution in [-0.2, 0) is 6.42 Å². The van der Waals surface area contributed by atoms with Gasteiger partial charge in [-0.15, -0.1) is 0 Å². The summed E-state index contributed by atoms with van der Waals surface area (Å²) in [6.07, 6.45) is 3.80. The van der Waals surface area contributed by atoms with E-state index in [4.69, 9.17) is 0 Å². The molecular formula is C14H12FN. The Hall–Kier alpha value is -1.96. The second-order valence-electron chi connectivity index (χ2n) is 3.63.